The van der Waals surface area contributed by atoms with Crippen molar-refractivity contribution in [3.63, 3.8) is 0 Å². The SMILES string of the molecule is Cc1nn(CCCNC(=O)Cn2nc(C(F)(F)F)c(Br)c2C)cc1Cl. The van der Waals surface area contributed by atoms with E-state index < -0.39 is 17.8 Å². The third-order valence-corrected chi connectivity index (χ3v) is 4.79. The number of nitrogens with one attached hydrogen (secondary N) is 1. The average Bonchev–Trinajstić information content (AvgIpc) is 2.97. The van der Waals surface area contributed by atoms with Crippen LogP contribution >= 0.6 is 27.5 Å². The van der Waals surface area contributed by atoms with Crippen LogP contribution in [0.5, 0.6) is 0 Å². The molecule has 0 radical (unpaired) electrons. The molecule has 1 N–H and O–H groups in total. The smallest absolute Gasteiger partial charge is 0.354 e. The minimum atomic E-state index is -4.57. The lowest BCUT2D eigenvalue weighted by Gasteiger charge is -2.07. The number of hydrogen-bond acceptors (Lipinski definition) is 3. The normalized spacial score (nSPS) is 11.8. The van der Waals surface area contributed by atoms with Gasteiger partial charge < -0.3 is 5.32 Å². The van der Waals surface area contributed by atoms with E-state index in [2.05, 4.69) is 31.4 Å². The molecule has 0 aromatic carbocycles. The zero-order valence-corrected chi connectivity index (χ0v) is 15.8. The van der Waals surface area contributed by atoms with Crippen LogP contribution in [-0.2, 0) is 24.1 Å². The summed E-state index contributed by atoms with van der Waals surface area (Å²) in [5.74, 6) is -0.415. The van der Waals surface area contributed by atoms with Crippen LogP contribution in [0, 0.1) is 13.8 Å². The molecule has 0 aliphatic carbocycles. The Kier molecular flexibility index (Phi) is 6.15. The van der Waals surface area contributed by atoms with Gasteiger partial charge in [-0.3, -0.25) is 14.2 Å². The van der Waals surface area contributed by atoms with Crippen molar-refractivity contribution in [3.05, 3.63) is 32.8 Å². The summed E-state index contributed by atoms with van der Waals surface area (Å²) < 4.78 is 40.9. The number of alkyl halides is 3. The highest BCUT2D eigenvalue weighted by molar-refractivity contribution is 9.10. The van der Waals surface area contributed by atoms with E-state index in [1.54, 1.807) is 17.8 Å². The number of amides is 1. The number of hydrogen-bond donors (Lipinski definition) is 1. The molecule has 6 nitrogen and oxygen atoms in total. The van der Waals surface area contributed by atoms with Crippen molar-refractivity contribution in [2.45, 2.75) is 39.5 Å². The van der Waals surface area contributed by atoms with Crippen molar-refractivity contribution in [2.75, 3.05) is 6.54 Å². The fourth-order valence-electron chi connectivity index (χ4n) is 2.13. The van der Waals surface area contributed by atoms with E-state index in [1.165, 1.54) is 6.92 Å². The topological polar surface area (TPSA) is 64.7 Å². The quantitative estimate of drug-likeness (QED) is 0.698. The second kappa shape index (κ2) is 7.77. The van der Waals surface area contributed by atoms with Crippen LogP contribution in [0.2, 0.25) is 5.02 Å². The van der Waals surface area contributed by atoms with Gasteiger partial charge in [-0.2, -0.15) is 23.4 Å². The second-order valence-corrected chi connectivity index (χ2v) is 6.63. The van der Waals surface area contributed by atoms with Gasteiger partial charge in [0.05, 0.1) is 20.9 Å². The molecule has 0 bridgehead atoms. The first-order valence-electron chi connectivity index (χ1n) is 7.36. The minimum Gasteiger partial charge on any atom is -0.354 e. The predicted octanol–water partition coefficient (Wildman–Crippen LogP) is 3.34. The molecule has 0 aliphatic rings. The molecule has 11 heteroatoms. The predicted molar refractivity (Wildman–Crippen MR) is 89.3 cm³/mol. The van der Waals surface area contributed by atoms with Gasteiger partial charge in [0.25, 0.3) is 0 Å². The summed E-state index contributed by atoms with van der Waals surface area (Å²) >= 11 is 8.77. The number of carbonyl (C=O) groups excluding carboxylic acids is 1. The summed E-state index contributed by atoms with van der Waals surface area (Å²) in [6.45, 7) is 3.90. The molecule has 2 aromatic heterocycles. The van der Waals surface area contributed by atoms with Gasteiger partial charge in [-0.1, -0.05) is 11.6 Å². The Balaban J connectivity index is 1.84. The monoisotopic (exact) mass is 441 g/mol. The first-order chi connectivity index (χ1) is 11.6. The highest BCUT2D eigenvalue weighted by atomic mass is 79.9. The van der Waals surface area contributed by atoms with Crippen LogP contribution in [-0.4, -0.2) is 32.0 Å². The van der Waals surface area contributed by atoms with Crippen LogP contribution in [0.4, 0.5) is 13.2 Å². The third-order valence-electron chi connectivity index (χ3n) is 3.47. The Labute approximate surface area is 155 Å². The summed E-state index contributed by atoms with van der Waals surface area (Å²) in [5.41, 5.74) is -0.0706. The van der Waals surface area contributed by atoms with Crippen molar-refractivity contribution in [3.8, 4) is 0 Å². The molecule has 0 fully saturated rings. The zero-order valence-electron chi connectivity index (χ0n) is 13.5. The molecule has 1 amide bonds. The number of aromatic nitrogens is 4. The van der Waals surface area contributed by atoms with Crippen LogP contribution in [0.3, 0.4) is 0 Å². The summed E-state index contributed by atoms with van der Waals surface area (Å²) in [4.78, 5) is 11.9. The molecule has 25 heavy (non-hydrogen) atoms. The van der Waals surface area contributed by atoms with E-state index in [1.807, 2.05) is 0 Å². The van der Waals surface area contributed by atoms with Gasteiger partial charge in [0.1, 0.15) is 6.54 Å². The van der Waals surface area contributed by atoms with Crippen molar-refractivity contribution < 1.29 is 18.0 Å². The zero-order chi connectivity index (χ0) is 18.8. The Bertz CT molecular complexity index is 752. The van der Waals surface area contributed by atoms with E-state index in [0.29, 0.717) is 24.5 Å². The molecular formula is C14H16BrClF3N5O. The second-order valence-electron chi connectivity index (χ2n) is 5.43. The Hall–Kier alpha value is -1.55. The number of carbonyl (C=O) groups is 1. The highest BCUT2D eigenvalue weighted by Crippen LogP contribution is 2.35. The van der Waals surface area contributed by atoms with Gasteiger partial charge in [0, 0.05) is 19.3 Å². The molecule has 0 unspecified atom stereocenters. The third kappa shape index (κ3) is 4.97. The van der Waals surface area contributed by atoms with Crippen molar-refractivity contribution in [1.82, 2.24) is 24.9 Å². The number of aryl methyl sites for hydroxylation is 2. The molecule has 2 rings (SSSR count). The minimum absolute atomic E-state index is 0.154. The van der Waals surface area contributed by atoms with E-state index in [4.69, 9.17) is 11.6 Å². The highest BCUT2D eigenvalue weighted by Gasteiger charge is 2.38. The first-order valence-corrected chi connectivity index (χ1v) is 8.53. The molecule has 0 atom stereocenters. The van der Waals surface area contributed by atoms with E-state index in [-0.39, 0.29) is 16.7 Å². The largest absolute Gasteiger partial charge is 0.436 e. The van der Waals surface area contributed by atoms with Gasteiger partial charge in [-0.25, -0.2) is 0 Å². The molecule has 2 heterocycles. The van der Waals surface area contributed by atoms with E-state index >= 15 is 0 Å². The van der Waals surface area contributed by atoms with Gasteiger partial charge >= 0.3 is 6.18 Å². The number of rotatable bonds is 6. The standard InChI is InChI=1S/C14H16BrClF3N5O/c1-8-10(16)6-23(21-8)5-3-4-20-11(25)7-24-9(2)12(15)13(22-24)14(17,18)19/h6H,3-5,7H2,1-2H3,(H,20,25). The molecule has 138 valence electrons. The molecule has 0 aliphatic heterocycles. The van der Waals surface area contributed by atoms with Crippen LogP contribution in [0.1, 0.15) is 23.5 Å². The fraction of sp³-hybridized carbons (Fsp3) is 0.500. The maximum Gasteiger partial charge on any atom is 0.436 e. The Morgan fingerprint density at radius 2 is 2.04 bits per heavy atom. The van der Waals surface area contributed by atoms with Crippen molar-refractivity contribution >= 4 is 33.4 Å². The van der Waals surface area contributed by atoms with Gasteiger partial charge in [-0.05, 0) is 36.2 Å². The van der Waals surface area contributed by atoms with Gasteiger partial charge in [0.15, 0.2) is 5.69 Å². The maximum absolute atomic E-state index is 12.8. The van der Waals surface area contributed by atoms with Crippen molar-refractivity contribution in [2.24, 2.45) is 0 Å². The lowest BCUT2D eigenvalue weighted by atomic mass is 10.3. The summed E-state index contributed by atoms with van der Waals surface area (Å²) in [5, 5.41) is 10.9. The Morgan fingerprint density at radius 1 is 1.36 bits per heavy atom. The molecule has 0 spiro atoms. The Morgan fingerprint density at radius 3 is 2.56 bits per heavy atom. The van der Waals surface area contributed by atoms with Crippen LogP contribution < -0.4 is 5.32 Å². The average molecular weight is 443 g/mol. The molecular weight excluding hydrogens is 427 g/mol. The van der Waals surface area contributed by atoms with Gasteiger partial charge in [0.2, 0.25) is 5.91 Å². The molecule has 2 aromatic rings. The van der Waals surface area contributed by atoms with E-state index in [9.17, 15) is 18.0 Å². The van der Waals surface area contributed by atoms with Crippen molar-refractivity contribution in [1.29, 1.82) is 0 Å². The molecule has 0 saturated heterocycles. The lowest BCUT2D eigenvalue weighted by molar-refractivity contribution is -0.142. The van der Waals surface area contributed by atoms with Crippen LogP contribution in [0.25, 0.3) is 0 Å². The number of halogens is 5. The molecule has 0 saturated carbocycles. The summed E-state index contributed by atoms with van der Waals surface area (Å²) in [6.07, 6.45) is -2.27. The summed E-state index contributed by atoms with van der Waals surface area (Å²) in [7, 11) is 0. The maximum atomic E-state index is 12.8. The lowest BCUT2D eigenvalue weighted by Crippen LogP contribution is -2.29. The van der Waals surface area contributed by atoms with E-state index in [0.717, 1.165) is 10.4 Å². The van der Waals surface area contributed by atoms with Crippen LogP contribution in [0.15, 0.2) is 10.7 Å². The van der Waals surface area contributed by atoms with Gasteiger partial charge in [-0.15, -0.1) is 0 Å². The first kappa shape index (κ1) is 19.8. The number of nitrogens with zero attached hydrogens (tertiary/aromatic N) is 4. The summed E-state index contributed by atoms with van der Waals surface area (Å²) in [6, 6.07) is 0. The fourth-order valence-corrected chi connectivity index (χ4v) is 2.79.